The van der Waals surface area contributed by atoms with E-state index in [0.717, 1.165) is 17.7 Å². The molecule has 0 bridgehead atoms. The lowest BCUT2D eigenvalue weighted by molar-refractivity contribution is 0.0403. The quantitative estimate of drug-likeness (QED) is 0.906. The molecule has 0 saturated carbocycles. The summed E-state index contributed by atoms with van der Waals surface area (Å²) in [5, 5.41) is 12.0. The third-order valence-corrected chi connectivity index (χ3v) is 4.26. The summed E-state index contributed by atoms with van der Waals surface area (Å²) in [5.74, 6) is -0.387. The second-order valence-electron chi connectivity index (χ2n) is 7.78. The van der Waals surface area contributed by atoms with Crippen molar-refractivity contribution in [2.45, 2.75) is 39.7 Å². The van der Waals surface area contributed by atoms with E-state index in [1.165, 1.54) is 5.56 Å². The standard InChI is InChI=1S/C21H25NO3/c1-21(2,3)14-15-9-10-18-17(13-15)19(23)11-12-22(18)25-20(24)16-7-5-4-6-8-16/h4-10,13,19,23H,11-12,14H2,1-3H3/t19-/m1/s1. The van der Waals surface area contributed by atoms with Gasteiger partial charge in [-0.2, -0.15) is 0 Å². The average Bonchev–Trinajstić information content (AvgIpc) is 2.57. The Hall–Kier alpha value is -2.33. The Bertz CT molecular complexity index is 749. The van der Waals surface area contributed by atoms with Gasteiger partial charge in [-0.15, -0.1) is 0 Å². The van der Waals surface area contributed by atoms with Crippen molar-refractivity contribution in [3.05, 3.63) is 65.2 Å². The molecule has 1 heterocycles. The minimum atomic E-state index is -0.526. The Labute approximate surface area is 149 Å². The van der Waals surface area contributed by atoms with Crippen molar-refractivity contribution in [3.63, 3.8) is 0 Å². The summed E-state index contributed by atoms with van der Waals surface area (Å²) >= 11 is 0. The maximum atomic E-state index is 12.3. The zero-order valence-corrected chi connectivity index (χ0v) is 15.0. The van der Waals surface area contributed by atoms with Crippen LogP contribution in [0.3, 0.4) is 0 Å². The van der Waals surface area contributed by atoms with Crippen LogP contribution in [-0.4, -0.2) is 17.6 Å². The van der Waals surface area contributed by atoms with Crippen LogP contribution in [0.1, 0.15) is 54.8 Å². The average molecular weight is 339 g/mol. The monoisotopic (exact) mass is 339 g/mol. The predicted octanol–water partition coefficient (Wildman–Crippen LogP) is 4.29. The smallest absolute Gasteiger partial charge is 0.363 e. The SMILES string of the molecule is CC(C)(C)Cc1ccc2c(c1)[C@H](O)CCN2OC(=O)c1ccccc1. The molecule has 0 fully saturated rings. The number of fused-ring (bicyclic) bond motifs is 1. The van der Waals surface area contributed by atoms with Gasteiger partial charge in [0.15, 0.2) is 0 Å². The molecule has 132 valence electrons. The van der Waals surface area contributed by atoms with E-state index in [4.69, 9.17) is 4.84 Å². The molecular formula is C21H25NO3. The number of benzene rings is 2. The fraction of sp³-hybridized carbons (Fsp3) is 0.381. The number of hydrogen-bond donors (Lipinski definition) is 1. The molecule has 1 aliphatic rings. The van der Waals surface area contributed by atoms with Crippen LogP contribution in [0.2, 0.25) is 0 Å². The molecule has 0 radical (unpaired) electrons. The molecule has 1 aliphatic heterocycles. The molecule has 2 aromatic carbocycles. The Kier molecular flexibility index (Phi) is 4.82. The maximum absolute atomic E-state index is 12.3. The lowest BCUT2D eigenvalue weighted by Gasteiger charge is -2.32. The van der Waals surface area contributed by atoms with E-state index in [1.807, 2.05) is 36.4 Å². The van der Waals surface area contributed by atoms with Crippen LogP contribution >= 0.6 is 0 Å². The van der Waals surface area contributed by atoms with E-state index >= 15 is 0 Å². The minimum absolute atomic E-state index is 0.174. The lowest BCUT2D eigenvalue weighted by atomic mass is 9.86. The zero-order valence-electron chi connectivity index (χ0n) is 15.0. The van der Waals surface area contributed by atoms with Crippen LogP contribution in [0.15, 0.2) is 48.5 Å². The first-order chi connectivity index (χ1) is 11.8. The largest absolute Gasteiger partial charge is 0.388 e. The van der Waals surface area contributed by atoms with Gasteiger partial charge in [0.1, 0.15) is 0 Å². The summed E-state index contributed by atoms with van der Waals surface area (Å²) in [6.07, 6.45) is 0.937. The van der Waals surface area contributed by atoms with Gasteiger partial charge in [-0.05, 0) is 42.0 Å². The van der Waals surface area contributed by atoms with Gasteiger partial charge >= 0.3 is 5.97 Å². The highest BCUT2D eigenvalue weighted by atomic mass is 16.7. The minimum Gasteiger partial charge on any atom is -0.388 e. The molecule has 2 aromatic rings. The summed E-state index contributed by atoms with van der Waals surface area (Å²) in [7, 11) is 0. The highest BCUT2D eigenvalue weighted by molar-refractivity contribution is 5.90. The Morgan fingerprint density at radius 1 is 1.20 bits per heavy atom. The van der Waals surface area contributed by atoms with Crippen LogP contribution in [0.4, 0.5) is 5.69 Å². The Morgan fingerprint density at radius 3 is 2.60 bits per heavy atom. The molecule has 4 nitrogen and oxygen atoms in total. The van der Waals surface area contributed by atoms with Gasteiger partial charge in [0.05, 0.1) is 23.9 Å². The van der Waals surface area contributed by atoms with Crippen molar-refractivity contribution in [1.82, 2.24) is 0 Å². The predicted molar refractivity (Wildman–Crippen MR) is 98.4 cm³/mol. The van der Waals surface area contributed by atoms with E-state index in [1.54, 1.807) is 17.2 Å². The van der Waals surface area contributed by atoms with E-state index < -0.39 is 6.10 Å². The summed E-state index contributed by atoms with van der Waals surface area (Å²) in [5.41, 5.74) is 3.46. The molecule has 0 spiro atoms. The second-order valence-corrected chi connectivity index (χ2v) is 7.78. The van der Waals surface area contributed by atoms with Gasteiger partial charge in [-0.3, -0.25) is 0 Å². The normalized spacial score (nSPS) is 17.1. The van der Waals surface area contributed by atoms with Crippen molar-refractivity contribution in [3.8, 4) is 0 Å². The highest BCUT2D eigenvalue weighted by Crippen LogP contribution is 2.36. The van der Waals surface area contributed by atoms with Gasteiger partial charge in [0.2, 0.25) is 0 Å². The molecule has 1 atom stereocenters. The second kappa shape index (κ2) is 6.89. The number of hydrogen-bond acceptors (Lipinski definition) is 4. The molecule has 0 saturated heterocycles. The first-order valence-corrected chi connectivity index (χ1v) is 8.69. The molecular weight excluding hydrogens is 314 g/mol. The Morgan fingerprint density at radius 2 is 1.92 bits per heavy atom. The number of aliphatic hydroxyl groups is 1. The summed E-state index contributed by atoms with van der Waals surface area (Å²) in [4.78, 5) is 17.9. The fourth-order valence-electron chi connectivity index (χ4n) is 3.16. The van der Waals surface area contributed by atoms with Crippen molar-refractivity contribution in [1.29, 1.82) is 0 Å². The van der Waals surface area contributed by atoms with Crippen molar-refractivity contribution >= 4 is 11.7 Å². The molecule has 3 rings (SSSR count). The van der Waals surface area contributed by atoms with Crippen molar-refractivity contribution in [2.24, 2.45) is 5.41 Å². The fourth-order valence-corrected chi connectivity index (χ4v) is 3.16. The van der Waals surface area contributed by atoms with Crippen LogP contribution in [0.25, 0.3) is 0 Å². The zero-order chi connectivity index (χ0) is 18.0. The number of hydroxylamine groups is 1. The van der Waals surface area contributed by atoms with Gasteiger partial charge in [-0.25, -0.2) is 9.86 Å². The van der Waals surface area contributed by atoms with Gasteiger partial charge in [0.25, 0.3) is 0 Å². The molecule has 25 heavy (non-hydrogen) atoms. The summed E-state index contributed by atoms with van der Waals surface area (Å²) < 4.78 is 0. The molecule has 0 aromatic heterocycles. The number of carbonyl (C=O) groups is 1. The summed E-state index contributed by atoms with van der Waals surface area (Å²) in [6, 6.07) is 15.0. The summed E-state index contributed by atoms with van der Waals surface area (Å²) in [6.45, 7) is 7.05. The third kappa shape index (κ3) is 4.20. The first kappa shape index (κ1) is 17.5. The first-order valence-electron chi connectivity index (χ1n) is 8.69. The number of carbonyl (C=O) groups excluding carboxylic acids is 1. The Balaban J connectivity index is 1.83. The van der Waals surface area contributed by atoms with Gasteiger partial charge in [0, 0.05) is 5.56 Å². The number of nitrogens with zero attached hydrogens (tertiary/aromatic N) is 1. The third-order valence-electron chi connectivity index (χ3n) is 4.26. The molecule has 4 heteroatoms. The number of anilines is 1. The molecule has 0 unspecified atom stereocenters. The van der Waals surface area contributed by atoms with Gasteiger partial charge < -0.3 is 9.94 Å². The molecule has 0 aliphatic carbocycles. The maximum Gasteiger partial charge on any atom is 0.363 e. The highest BCUT2D eigenvalue weighted by Gasteiger charge is 2.27. The molecule has 0 amide bonds. The van der Waals surface area contributed by atoms with Crippen molar-refractivity contribution in [2.75, 3.05) is 11.6 Å². The number of rotatable bonds is 3. The van der Waals surface area contributed by atoms with E-state index in [9.17, 15) is 9.90 Å². The number of aliphatic hydroxyl groups excluding tert-OH is 1. The van der Waals surface area contributed by atoms with Crippen LogP contribution < -0.4 is 5.06 Å². The van der Waals surface area contributed by atoms with E-state index in [2.05, 4.69) is 20.8 Å². The topological polar surface area (TPSA) is 49.8 Å². The van der Waals surface area contributed by atoms with Gasteiger partial charge in [-0.1, -0.05) is 51.1 Å². The van der Waals surface area contributed by atoms with Crippen molar-refractivity contribution < 1.29 is 14.7 Å². The van der Waals surface area contributed by atoms with Crippen LogP contribution in [0.5, 0.6) is 0 Å². The molecule has 1 N–H and O–H groups in total. The van der Waals surface area contributed by atoms with Crippen LogP contribution in [-0.2, 0) is 11.3 Å². The van der Waals surface area contributed by atoms with E-state index in [-0.39, 0.29) is 11.4 Å². The van der Waals surface area contributed by atoms with Crippen LogP contribution in [0, 0.1) is 5.41 Å². The lowest BCUT2D eigenvalue weighted by Crippen LogP contribution is -2.33. The van der Waals surface area contributed by atoms with E-state index in [0.29, 0.717) is 18.5 Å².